The Bertz CT molecular complexity index is 789. The highest BCUT2D eigenvalue weighted by Gasteiger charge is 2.34. The first-order chi connectivity index (χ1) is 10.4. The fourth-order valence-corrected chi connectivity index (χ4v) is 3.99. The Hall–Kier alpha value is -1.86. The van der Waals surface area contributed by atoms with Crippen molar-refractivity contribution < 1.29 is 17.6 Å². The molecule has 1 fully saturated rings. The van der Waals surface area contributed by atoms with Gasteiger partial charge in [-0.15, -0.1) is 0 Å². The molecule has 6 nitrogen and oxygen atoms in total. The van der Waals surface area contributed by atoms with Crippen LogP contribution in [0.4, 0.5) is 5.69 Å². The maximum Gasteiger partial charge on any atom is 0.232 e. The van der Waals surface area contributed by atoms with Gasteiger partial charge < -0.3 is 9.32 Å². The van der Waals surface area contributed by atoms with Crippen molar-refractivity contribution in [2.45, 2.75) is 6.42 Å². The number of amides is 1. The van der Waals surface area contributed by atoms with Gasteiger partial charge in [-0.3, -0.25) is 4.79 Å². The van der Waals surface area contributed by atoms with Crippen molar-refractivity contribution in [2.75, 3.05) is 17.2 Å². The van der Waals surface area contributed by atoms with Gasteiger partial charge in [-0.2, -0.15) is 0 Å². The molecule has 0 radical (unpaired) electrons. The van der Waals surface area contributed by atoms with Crippen molar-refractivity contribution in [3.8, 4) is 11.3 Å². The molecule has 8 heteroatoms. The van der Waals surface area contributed by atoms with Gasteiger partial charge >= 0.3 is 0 Å². The average Bonchev–Trinajstić information content (AvgIpc) is 3.07. The summed E-state index contributed by atoms with van der Waals surface area (Å²) in [7, 11) is 1.66. The lowest BCUT2D eigenvalue weighted by Crippen LogP contribution is -2.25. The van der Waals surface area contributed by atoms with Crippen LogP contribution in [0.1, 0.15) is 6.42 Å². The third-order valence-electron chi connectivity index (χ3n) is 3.53. The van der Waals surface area contributed by atoms with Crippen LogP contribution >= 0.6 is 10.7 Å². The van der Waals surface area contributed by atoms with Crippen molar-refractivity contribution >= 4 is 31.3 Å². The standard InChI is InChI=1S/C14H13ClN2O4S/c15-22(19,20)8-10-5-14(18)17(7-10)12-4-2-1-3-11(12)13-6-16-9-21-13/h1-4,6,9-10H,5,7-8H2. The highest BCUT2D eigenvalue weighted by molar-refractivity contribution is 8.13. The minimum absolute atomic E-state index is 0.128. The number of carbonyl (C=O) groups excluding carboxylic acids is 1. The van der Waals surface area contributed by atoms with Gasteiger partial charge in [0.2, 0.25) is 15.0 Å². The summed E-state index contributed by atoms with van der Waals surface area (Å²) >= 11 is 0. The normalized spacial score (nSPS) is 18.9. The molecule has 1 aromatic heterocycles. The molecule has 116 valence electrons. The van der Waals surface area contributed by atoms with Crippen molar-refractivity contribution in [2.24, 2.45) is 5.92 Å². The summed E-state index contributed by atoms with van der Waals surface area (Å²) < 4.78 is 27.7. The molecular weight excluding hydrogens is 328 g/mol. The van der Waals surface area contributed by atoms with E-state index in [1.165, 1.54) is 6.39 Å². The van der Waals surface area contributed by atoms with E-state index in [-0.39, 0.29) is 24.0 Å². The molecule has 3 rings (SSSR count). The Labute approximate surface area is 132 Å². The second-order valence-corrected chi connectivity index (χ2v) is 7.98. The summed E-state index contributed by atoms with van der Waals surface area (Å²) in [6.07, 6.45) is 3.05. The van der Waals surface area contributed by atoms with Crippen molar-refractivity contribution in [3.05, 3.63) is 36.9 Å². The smallest absolute Gasteiger partial charge is 0.232 e. The lowest BCUT2D eigenvalue weighted by molar-refractivity contribution is -0.117. The largest absolute Gasteiger partial charge is 0.443 e. The highest BCUT2D eigenvalue weighted by Crippen LogP contribution is 2.34. The van der Waals surface area contributed by atoms with E-state index in [0.717, 1.165) is 5.56 Å². The molecule has 1 aromatic carbocycles. The van der Waals surface area contributed by atoms with Crippen LogP contribution in [-0.2, 0) is 13.8 Å². The van der Waals surface area contributed by atoms with Crippen LogP contribution in [0.3, 0.4) is 0 Å². The van der Waals surface area contributed by atoms with Crippen molar-refractivity contribution in [3.63, 3.8) is 0 Å². The number of anilines is 1. The van der Waals surface area contributed by atoms with Gasteiger partial charge in [0.25, 0.3) is 0 Å². The Morgan fingerprint density at radius 3 is 2.82 bits per heavy atom. The maximum atomic E-state index is 12.2. The number of halogens is 1. The summed E-state index contributed by atoms with van der Waals surface area (Å²) in [5.74, 6) is -0.0896. The van der Waals surface area contributed by atoms with Crippen LogP contribution in [0.15, 0.2) is 41.3 Å². The molecule has 2 aromatic rings. The maximum absolute atomic E-state index is 12.2. The summed E-state index contributed by atoms with van der Waals surface area (Å²) in [4.78, 5) is 17.7. The molecular formula is C14H13ClN2O4S. The van der Waals surface area contributed by atoms with Gasteiger partial charge in [0.1, 0.15) is 0 Å². The minimum atomic E-state index is -3.63. The monoisotopic (exact) mass is 340 g/mol. The van der Waals surface area contributed by atoms with Gasteiger partial charge in [0, 0.05) is 35.1 Å². The van der Waals surface area contributed by atoms with Gasteiger partial charge in [-0.1, -0.05) is 12.1 Å². The van der Waals surface area contributed by atoms with E-state index in [1.54, 1.807) is 17.2 Å². The van der Waals surface area contributed by atoms with Crippen LogP contribution in [0.5, 0.6) is 0 Å². The van der Waals surface area contributed by atoms with E-state index in [0.29, 0.717) is 18.0 Å². The molecule has 1 saturated heterocycles. The molecule has 1 amide bonds. The first-order valence-corrected chi connectivity index (χ1v) is 9.12. The molecule has 0 N–H and O–H groups in total. The third kappa shape index (κ3) is 3.15. The number of nitrogens with zero attached hydrogens (tertiary/aromatic N) is 2. The summed E-state index contributed by atoms with van der Waals surface area (Å²) in [5.41, 5.74) is 1.42. The Balaban J connectivity index is 1.91. The van der Waals surface area contributed by atoms with Crippen LogP contribution in [0.2, 0.25) is 0 Å². The SMILES string of the molecule is O=C1CC(CS(=O)(=O)Cl)CN1c1ccccc1-c1cnco1. The fourth-order valence-electron chi connectivity index (χ4n) is 2.67. The topological polar surface area (TPSA) is 80.5 Å². The van der Waals surface area contributed by atoms with E-state index in [2.05, 4.69) is 4.98 Å². The van der Waals surface area contributed by atoms with E-state index in [4.69, 9.17) is 15.1 Å². The predicted octanol–water partition coefficient (Wildman–Crippen LogP) is 2.26. The number of benzene rings is 1. The van der Waals surface area contributed by atoms with E-state index in [1.807, 2.05) is 18.2 Å². The lowest BCUT2D eigenvalue weighted by Gasteiger charge is -2.19. The fraction of sp³-hybridized carbons (Fsp3) is 0.286. The number of aromatic nitrogens is 1. The minimum Gasteiger partial charge on any atom is -0.443 e. The molecule has 0 bridgehead atoms. The zero-order valence-electron chi connectivity index (χ0n) is 11.5. The van der Waals surface area contributed by atoms with Crippen molar-refractivity contribution in [1.82, 2.24) is 4.98 Å². The summed E-state index contributed by atoms with van der Waals surface area (Å²) in [5, 5.41) is 0. The Morgan fingerprint density at radius 2 is 2.14 bits per heavy atom. The number of oxazole rings is 1. The zero-order chi connectivity index (χ0) is 15.7. The molecule has 0 saturated carbocycles. The van der Waals surface area contributed by atoms with Gasteiger partial charge in [0.15, 0.2) is 12.2 Å². The van der Waals surface area contributed by atoms with E-state index >= 15 is 0 Å². The van der Waals surface area contributed by atoms with E-state index < -0.39 is 9.05 Å². The van der Waals surface area contributed by atoms with Crippen LogP contribution in [0, 0.1) is 5.92 Å². The van der Waals surface area contributed by atoms with Gasteiger partial charge in [-0.05, 0) is 12.1 Å². The number of carbonyl (C=O) groups is 1. The quantitative estimate of drug-likeness (QED) is 0.797. The number of para-hydroxylation sites is 1. The number of hydrogen-bond donors (Lipinski definition) is 0. The molecule has 22 heavy (non-hydrogen) atoms. The molecule has 0 spiro atoms. The number of rotatable bonds is 4. The summed E-state index contributed by atoms with van der Waals surface area (Å²) in [6, 6.07) is 7.28. The Morgan fingerprint density at radius 1 is 1.36 bits per heavy atom. The van der Waals surface area contributed by atoms with Crippen LogP contribution in [0.25, 0.3) is 11.3 Å². The first kappa shape index (κ1) is 15.1. The second kappa shape index (κ2) is 5.73. The number of hydrogen-bond acceptors (Lipinski definition) is 5. The molecule has 1 aliphatic heterocycles. The molecule has 1 atom stereocenters. The summed E-state index contributed by atoms with van der Waals surface area (Å²) in [6.45, 7) is 0.315. The first-order valence-electron chi connectivity index (χ1n) is 6.64. The van der Waals surface area contributed by atoms with Crippen LogP contribution < -0.4 is 4.90 Å². The van der Waals surface area contributed by atoms with Crippen LogP contribution in [-0.4, -0.2) is 31.6 Å². The van der Waals surface area contributed by atoms with Gasteiger partial charge in [-0.25, -0.2) is 13.4 Å². The predicted molar refractivity (Wildman–Crippen MR) is 82.0 cm³/mol. The Kier molecular flexibility index (Phi) is 3.92. The van der Waals surface area contributed by atoms with E-state index in [9.17, 15) is 13.2 Å². The molecule has 0 aliphatic carbocycles. The van der Waals surface area contributed by atoms with Crippen molar-refractivity contribution in [1.29, 1.82) is 0 Å². The lowest BCUT2D eigenvalue weighted by atomic mass is 10.1. The average molecular weight is 341 g/mol. The molecule has 1 aliphatic rings. The zero-order valence-corrected chi connectivity index (χ0v) is 13.0. The second-order valence-electron chi connectivity index (χ2n) is 5.16. The van der Waals surface area contributed by atoms with Gasteiger partial charge in [0.05, 0.1) is 17.6 Å². The third-order valence-corrected chi connectivity index (χ3v) is 4.78. The highest BCUT2D eigenvalue weighted by atomic mass is 35.7. The molecule has 2 heterocycles. The molecule has 1 unspecified atom stereocenters.